The van der Waals surface area contributed by atoms with Crippen LogP contribution in [0.3, 0.4) is 0 Å². The molecular weight excluding hydrogens is 764 g/mol. The lowest BCUT2D eigenvalue weighted by atomic mass is 9.62. The van der Waals surface area contributed by atoms with E-state index in [1.807, 2.05) is 42.5 Å². The number of fused-ring (bicyclic) bond motifs is 5. The Hall–Kier alpha value is -4.71. The van der Waals surface area contributed by atoms with Gasteiger partial charge < -0.3 is 44.7 Å². The third kappa shape index (κ3) is 8.52. The number of esters is 2. The van der Waals surface area contributed by atoms with Crippen molar-refractivity contribution >= 4 is 35.7 Å². The molecule has 318 valence electrons. The van der Waals surface area contributed by atoms with Crippen molar-refractivity contribution in [3.8, 4) is 0 Å². The molecule has 16 nitrogen and oxygen atoms in total. The Bertz CT molecular complexity index is 1970. The molecule has 1 spiro atoms. The van der Waals surface area contributed by atoms with Crippen molar-refractivity contribution in [1.82, 2.24) is 20.6 Å². The largest absolute Gasteiger partial charge is 0.460 e. The zero-order valence-electron chi connectivity index (χ0n) is 34.2. The van der Waals surface area contributed by atoms with Gasteiger partial charge in [0.1, 0.15) is 41.5 Å². The lowest BCUT2D eigenvalue weighted by Crippen LogP contribution is -2.71. The molecule has 0 unspecified atom stereocenters. The van der Waals surface area contributed by atoms with Crippen LogP contribution in [0.15, 0.2) is 54.6 Å². The van der Waals surface area contributed by atoms with Crippen molar-refractivity contribution in [1.29, 1.82) is 0 Å². The number of ether oxygens (including phenoxy) is 4. The Morgan fingerprint density at radius 1 is 1.03 bits per heavy atom. The van der Waals surface area contributed by atoms with Gasteiger partial charge in [-0.25, -0.2) is 0 Å². The maximum atomic E-state index is 15.0. The summed E-state index contributed by atoms with van der Waals surface area (Å²) < 4.78 is 24.9. The summed E-state index contributed by atoms with van der Waals surface area (Å²) in [5, 5.41) is 27.8. The van der Waals surface area contributed by atoms with Gasteiger partial charge in [0, 0.05) is 45.9 Å². The van der Waals surface area contributed by atoms with Gasteiger partial charge in [-0.15, -0.1) is 0 Å². The lowest BCUT2D eigenvalue weighted by Gasteiger charge is -2.49. The minimum Gasteiger partial charge on any atom is -0.460 e. The number of benzene rings is 2. The number of hydroxylamine groups is 2. The fraction of sp³-hybridized carbons (Fsp3) is 0.558. The average Bonchev–Trinajstić information content (AvgIpc) is 3.84. The summed E-state index contributed by atoms with van der Waals surface area (Å²) in [7, 11) is 3.31. The number of hydrogen-bond acceptors (Lipinski definition) is 13. The van der Waals surface area contributed by atoms with E-state index in [1.165, 1.54) is 23.0 Å². The maximum Gasteiger partial charge on any atom is 0.327 e. The quantitative estimate of drug-likeness (QED) is 0.167. The van der Waals surface area contributed by atoms with E-state index in [0.29, 0.717) is 18.4 Å². The van der Waals surface area contributed by atoms with Crippen molar-refractivity contribution in [2.24, 2.45) is 5.41 Å². The van der Waals surface area contributed by atoms with E-state index in [1.54, 1.807) is 47.0 Å². The van der Waals surface area contributed by atoms with Gasteiger partial charge in [0.15, 0.2) is 11.8 Å². The molecule has 3 amide bonds. The van der Waals surface area contributed by atoms with E-state index >= 15 is 4.79 Å². The Morgan fingerprint density at radius 3 is 2.37 bits per heavy atom. The topological polar surface area (TPSA) is 202 Å². The molecule has 9 atom stereocenters. The summed E-state index contributed by atoms with van der Waals surface area (Å²) in [6, 6.07) is 11.5. The van der Waals surface area contributed by atoms with Gasteiger partial charge >= 0.3 is 11.9 Å². The Labute approximate surface area is 343 Å². The molecule has 2 aromatic rings. The van der Waals surface area contributed by atoms with Gasteiger partial charge in [-0.05, 0) is 62.4 Å². The smallest absolute Gasteiger partial charge is 0.327 e. The normalized spacial score (nSPS) is 28.0. The van der Waals surface area contributed by atoms with Crippen LogP contribution >= 0.6 is 0 Å². The van der Waals surface area contributed by atoms with Gasteiger partial charge in [-0.2, -0.15) is 5.06 Å². The van der Waals surface area contributed by atoms with Gasteiger partial charge in [-0.1, -0.05) is 48.5 Å². The Kier molecular flexibility index (Phi) is 11.8. The molecule has 2 bridgehead atoms. The van der Waals surface area contributed by atoms with Gasteiger partial charge in [-0.3, -0.25) is 28.8 Å². The van der Waals surface area contributed by atoms with E-state index < -0.39 is 95.8 Å². The van der Waals surface area contributed by atoms with Gasteiger partial charge in [0.05, 0.1) is 25.3 Å². The molecule has 2 aromatic carbocycles. The number of aliphatic hydroxyl groups is 2. The molecular formula is C43H54N4O12. The number of nitrogens with zero attached hydrogens (tertiary/aromatic N) is 2. The second kappa shape index (κ2) is 16.4. The first-order valence-electron chi connectivity index (χ1n) is 20.1. The van der Waals surface area contributed by atoms with E-state index in [2.05, 4.69) is 10.6 Å². The first-order valence-corrected chi connectivity index (χ1v) is 20.1. The number of hydrogen-bond donors (Lipinski definition) is 4. The summed E-state index contributed by atoms with van der Waals surface area (Å²) in [4.78, 5) is 75.8. The molecule has 2 aliphatic carbocycles. The predicted octanol–water partition coefficient (Wildman–Crippen LogP) is 1.33. The summed E-state index contributed by atoms with van der Waals surface area (Å²) in [6.07, 6.45) is -1.11. The minimum absolute atomic E-state index is 0.0251. The minimum atomic E-state index is -1.67. The molecule has 4 fully saturated rings. The van der Waals surface area contributed by atoms with E-state index in [4.69, 9.17) is 23.8 Å². The molecule has 59 heavy (non-hydrogen) atoms. The number of carbonyl (C=O) groups excluding carboxylic acids is 5. The van der Waals surface area contributed by atoms with Crippen molar-refractivity contribution in [3.63, 3.8) is 0 Å². The highest BCUT2D eigenvalue weighted by atomic mass is 16.8. The fourth-order valence-electron chi connectivity index (χ4n) is 8.92. The predicted molar refractivity (Wildman–Crippen MR) is 209 cm³/mol. The highest BCUT2D eigenvalue weighted by molar-refractivity contribution is 5.96. The van der Waals surface area contributed by atoms with Gasteiger partial charge in [0.2, 0.25) is 17.7 Å². The monoisotopic (exact) mass is 818 g/mol. The molecule has 1 saturated carbocycles. The number of nitrogens with one attached hydrogen (secondary N) is 2. The molecule has 0 aromatic heterocycles. The fourth-order valence-corrected chi connectivity index (χ4v) is 8.92. The summed E-state index contributed by atoms with van der Waals surface area (Å²) in [5.74, 6) is -4.04. The van der Waals surface area contributed by atoms with Crippen LogP contribution in [0.25, 0.3) is 6.08 Å². The lowest BCUT2D eigenvalue weighted by molar-refractivity contribution is -0.217. The second-order valence-corrected chi connectivity index (χ2v) is 17.4. The SMILES string of the molecule is C[C@H](O)[C@@H](NC(=O)[C@@]12C[C@H]3OC(=O)[C@@H]1N(Cc1cccc(C=CC(=O)N(C)C)c1)O[C@@H]2[C@H]1OC2(Cc4ccccc4C2)O[C@H]13)C(=O)N[C@H](CO)CCC(=O)OC(C)(C)C. The molecule has 3 saturated heterocycles. The summed E-state index contributed by atoms with van der Waals surface area (Å²) in [6.45, 7) is 6.04. The molecule has 0 radical (unpaired) electrons. The molecule has 5 aliphatic rings. The zero-order chi connectivity index (χ0) is 42.4. The highest BCUT2D eigenvalue weighted by Crippen LogP contribution is 2.58. The van der Waals surface area contributed by atoms with Crippen LogP contribution in [0, 0.1) is 5.41 Å². The van der Waals surface area contributed by atoms with Crippen molar-refractivity contribution < 1.29 is 58.0 Å². The molecule has 4 N–H and O–H groups in total. The van der Waals surface area contributed by atoms with Crippen molar-refractivity contribution in [2.45, 2.75) is 126 Å². The van der Waals surface area contributed by atoms with Crippen LogP contribution in [0.5, 0.6) is 0 Å². The van der Waals surface area contributed by atoms with Crippen LogP contribution in [0.2, 0.25) is 0 Å². The number of amides is 3. The van der Waals surface area contributed by atoms with Crippen LogP contribution in [-0.4, -0.2) is 131 Å². The van der Waals surface area contributed by atoms with E-state index in [9.17, 15) is 29.4 Å². The van der Waals surface area contributed by atoms with Crippen LogP contribution < -0.4 is 10.6 Å². The highest BCUT2D eigenvalue weighted by Gasteiger charge is 2.76. The number of carbonyl (C=O) groups is 5. The summed E-state index contributed by atoms with van der Waals surface area (Å²) in [5.41, 5.74) is 1.17. The van der Waals surface area contributed by atoms with E-state index in [0.717, 1.165) is 16.7 Å². The van der Waals surface area contributed by atoms with Crippen molar-refractivity contribution in [3.05, 3.63) is 76.9 Å². The molecule has 7 rings (SSSR count). The summed E-state index contributed by atoms with van der Waals surface area (Å²) >= 11 is 0. The average molecular weight is 819 g/mol. The second-order valence-electron chi connectivity index (χ2n) is 17.4. The van der Waals surface area contributed by atoms with Crippen LogP contribution in [-0.2, 0) is 67.1 Å². The standard InChI is InChI=1S/C43H54N4O12/c1-24(49)33(38(52)44-29(23-48)15-17-32(51)56-41(2,3)4)45-40(54)43-21-30-34-35(58-42(57-34)19-27-12-7-8-13-28(27)20-42)37(43)59-47(36(43)39(53)55-30)22-26-11-9-10-25(18-26)14-16-31(50)46(5)6/h7-14,16,18,24,29-30,33-37,48-49H,15,17,19-23H2,1-6H3,(H,44,52)(H,45,54)/t24-,29-,30+,33+,34-,35-,36-,37+,43-/m0/s1. The first kappa shape index (κ1) is 42.4. The third-order valence-corrected chi connectivity index (χ3v) is 11.6. The van der Waals surface area contributed by atoms with E-state index in [-0.39, 0.29) is 31.7 Å². The molecule has 16 heteroatoms. The number of aliphatic hydroxyl groups excluding tert-OH is 2. The maximum absolute atomic E-state index is 15.0. The van der Waals surface area contributed by atoms with Crippen LogP contribution in [0.1, 0.15) is 69.2 Å². The van der Waals surface area contributed by atoms with Crippen LogP contribution in [0.4, 0.5) is 0 Å². The zero-order valence-corrected chi connectivity index (χ0v) is 34.2. The Balaban J connectivity index is 1.17. The van der Waals surface area contributed by atoms with Gasteiger partial charge in [0.25, 0.3) is 0 Å². The third-order valence-electron chi connectivity index (χ3n) is 11.6. The Morgan fingerprint density at radius 2 is 1.73 bits per heavy atom. The molecule has 3 heterocycles. The van der Waals surface area contributed by atoms with Crippen molar-refractivity contribution in [2.75, 3.05) is 20.7 Å². The number of likely N-dealkylation sites (N-methyl/N-ethyl adjacent to an activating group) is 1. The first-order chi connectivity index (χ1) is 27.9. The molecule has 3 aliphatic heterocycles. The number of rotatable bonds is 13.